The molecule has 1 aliphatic rings. The van der Waals surface area contributed by atoms with Crippen molar-refractivity contribution < 1.29 is 14.3 Å². The summed E-state index contributed by atoms with van der Waals surface area (Å²) in [6, 6.07) is 11.3. The van der Waals surface area contributed by atoms with Gasteiger partial charge in [0.1, 0.15) is 0 Å². The number of anilines is 1. The summed E-state index contributed by atoms with van der Waals surface area (Å²) in [7, 11) is 0. The molecule has 1 aliphatic heterocycles. The summed E-state index contributed by atoms with van der Waals surface area (Å²) in [4.78, 5) is 31.3. The van der Waals surface area contributed by atoms with E-state index < -0.39 is 17.4 Å². The number of likely N-dealkylation sites (N-methyl/N-ethyl adjacent to an activating group) is 1. The molecule has 2 amide bonds. The lowest BCUT2D eigenvalue weighted by Gasteiger charge is -2.38. The number of rotatable bonds is 4. The van der Waals surface area contributed by atoms with E-state index in [2.05, 4.69) is 10.3 Å². The Morgan fingerprint density at radius 1 is 1.32 bits per heavy atom. The minimum atomic E-state index is -1.62. The third kappa shape index (κ3) is 3.07. The summed E-state index contributed by atoms with van der Waals surface area (Å²) >= 11 is 0. The van der Waals surface area contributed by atoms with Crippen molar-refractivity contribution >= 4 is 17.6 Å². The predicted octanol–water partition coefficient (Wildman–Crippen LogP) is 2.21. The van der Waals surface area contributed by atoms with Crippen LogP contribution >= 0.6 is 0 Å². The van der Waals surface area contributed by atoms with Crippen molar-refractivity contribution in [1.82, 2.24) is 10.3 Å². The van der Waals surface area contributed by atoms with E-state index in [1.54, 1.807) is 18.3 Å². The van der Waals surface area contributed by atoms with Gasteiger partial charge in [-0.25, -0.2) is 4.98 Å². The van der Waals surface area contributed by atoms with E-state index in [4.69, 9.17) is 4.74 Å². The lowest BCUT2D eigenvalue weighted by atomic mass is 10.0. The minimum Gasteiger partial charge on any atom is -0.464 e. The molecule has 2 heterocycles. The maximum atomic E-state index is 12.8. The van der Waals surface area contributed by atoms with Crippen LogP contribution < -0.4 is 15.0 Å². The first-order chi connectivity index (χ1) is 12.0. The van der Waals surface area contributed by atoms with Gasteiger partial charge in [0.05, 0.1) is 0 Å². The zero-order valence-corrected chi connectivity index (χ0v) is 14.6. The fourth-order valence-electron chi connectivity index (χ4n) is 2.89. The van der Waals surface area contributed by atoms with Crippen LogP contribution in [-0.2, 0) is 16.1 Å². The summed E-state index contributed by atoms with van der Waals surface area (Å²) in [6.07, 6.45) is 1.60. The van der Waals surface area contributed by atoms with Crippen LogP contribution in [0.4, 0.5) is 5.82 Å². The van der Waals surface area contributed by atoms with Gasteiger partial charge < -0.3 is 10.1 Å². The van der Waals surface area contributed by atoms with Crippen LogP contribution in [0.2, 0.25) is 0 Å². The van der Waals surface area contributed by atoms with Gasteiger partial charge in [-0.05, 0) is 38.5 Å². The Morgan fingerprint density at radius 2 is 2.12 bits per heavy atom. The molecule has 6 heteroatoms. The molecule has 0 bridgehead atoms. The van der Waals surface area contributed by atoms with Crippen LogP contribution in [0.5, 0.6) is 5.75 Å². The fraction of sp³-hybridized carbons (Fsp3) is 0.316. The average molecular weight is 339 g/mol. The lowest BCUT2D eigenvalue weighted by molar-refractivity contribution is -0.148. The lowest BCUT2D eigenvalue weighted by Crippen LogP contribution is -2.62. The molecule has 1 aromatic carbocycles. The van der Waals surface area contributed by atoms with Crippen LogP contribution in [0, 0.1) is 6.92 Å². The molecular formula is C19H21N3O3. The molecule has 0 aliphatic carbocycles. The maximum Gasteiger partial charge on any atom is 0.282 e. The zero-order chi connectivity index (χ0) is 18.0. The SMILES string of the molecule is CCN1C(=O)[C@](C)(C(=O)NCc2cccc(C)c2)Oc2cccnc21. The number of aromatic nitrogens is 1. The van der Waals surface area contributed by atoms with E-state index in [1.165, 1.54) is 11.8 Å². The first-order valence-electron chi connectivity index (χ1n) is 8.25. The average Bonchev–Trinajstić information content (AvgIpc) is 2.61. The van der Waals surface area contributed by atoms with Gasteiger partial charge in [-0.15, -0.1) is 0 Å². The van der Waals surface area contributed by atoms with Crippen LogP contribution in [0.1, 0.15) is 25.0 Å². The molecule has 0 spiro atoms. The van der Waals surface area contributed by atoms with E-state index in [-0.39, 0.29) is 0 Å². The number of nitrogens with one attached hydrogen (secondary N) is 1. The summed E-state index contributed by atoms with van der Waals surface area (Å²) in [5.74, 6) is -0.00832. The highest BCUT2D eigenvalue weighted by molar-refractivity contribution is 6.16. The smallest absolute Gasteiger partial charge is 0.282 e. The third-order valence-electron chi connectivity index (χ3n) is 4.26. The Hall–Kier alpha value is -2.89. The van der Waals surface area contributed by atoms with Crippen LogP contribution in [0.15, 0.2) is 42.6 Å². The Labute approximate surface area is 146 Å². The highest BCUT2D eigenvalue weighted by Crippen LogP contribution is 2.35. The second-order valence-corrected chi connectivity index (χ2v) is 6.18. The number of fused-ring (bicyclic) bond motifs is 1. The van der Waals surface area contributed by atoms with Gasteiger partial charge in [-0.1, -0.05) is 29.8 Å². The summed E-state index contributed by atoms with van der Waals surface area (Å²) in [6.45, 7) is 6.07. The summed E-state index contributed by atoms with van der Waals surface area (Å²) in [5.41, 5.74) is 0.463. The van der Waals surface area contributed by atoms with E-state index >= 15 is 0 Å². The molecule has 1 aromatic heterocycles. The number of carbonyl (C=O) groups excluding carboxylic acids is 2. The van der Waals surface area contributed by atoms with Crippen molar-refractivity contribution in [2.75, 3.05) is 11.4 Å². The number of aryl methyl sites for hydroxylation is 1. The van der Waals surface area contributed by atoms with Gasteiger partial charge in [0.2, 0.25) is 0 Å². The molecule has 3 rings (SSSR count). The van der Waals surface area contributed by atoms with Crippen molar-refractivity contribution in [1.29, 1.82) is 0 Å². The van der Waals surface area contributed by atoms with E-state index in [9.17, 15) is 9.59 Å². The third-order valence-corrected chi connectivity index (χ3v) is 4.26. The fourth-order valence-corrected chi connectivity index (χ4v) is 2.89. The molecule has 1 N–H and O–H groups in total. The first-order valence-corrected chi connectivity index (χ1v) is 8.25. The first kappa shape index (κ1) is 17.0. The molecular weight excluding hydrogens is 318 g/mol. The zero-order valence-electron chi connectivity index (χ0n) is 14.6. The van der Waals surface area contributed by atoms with Gasteiger partial charge >= 0.3 is 0 Å². The molecule has 0 fully saturated rings. The van der Waals surface area contributed by atoms with E-state index in [0.717, 1.165) is 11.1 Å². The standard InChI is InChI=1S/C19H21N3O3/c1-4-22-16-15(9-6-10-20-16)25-19(3,18(22)24)17(23)21-12-14-8-5-7-13(2)11-14/h5-11H,4,12H2,1-3H3,(H,21,23)/t19-/m0/s1. The maximum absolute atomic E-state index is 12.8. The number of carbonyl (C=O) groups is 2. The second-order valence-electron chi connectivity index (χ2n) is 6.18. The van der Waals surface area contributed by atoms with Crippen LogP contribution in [0.3, 0.4) is 0 Å². The molecule has 0 saturated heterocycles. The van der Waals surface area contributed by atoms with Gasteiger partial charge in [0.25, 0.3) is 17.4 Å². The van der Waals surface area contributed by atoms with Gasteiger partial charge in [0, 0.05) is 19.3 Å². The highest BCUT2D eigenvalue weighted by atomic mass is 16.5. The van der Waals surface area contributed by atoms with Crippen molar-refractivity contribution in [2.45, 2.75) is 32.9 Å². The van der Waals surface area contributed by atoms with Crippen LogP contribution in [0.25, 0.3) is 0 Å². The molecule has 130 valence electrons. The topological polar surface area (TPSA) is 71.5 Å². The molecule has 0 radical (unpaired) electrons. The quantitative estimate of drug-likeness (QED) is 0.867. The van der Waals surface area contributed by atoms with E-state index in [0.29, 0.717) is 24.7 Å². The Bertz CT molecular complexity index is 821. The normalized spacial score (nSPS) is 19.2. The Balaban J connectivity index is 1.82. The molecule has 0 unspecified atom stereocenters. The van der Waals surface area contributed by atoms with Crippen molar-refractivity contribution in [3.8, 4) is 5.75 Å². The van der Waals surface area contributed by atoms with Crippen molar-refractivity contribution in [2.24, 2.45) is 0 Å². The number of ether oxygens (including phenoxy) is 1. The van der Waals surface area contributed by atoms with Crippen LogP contribution in [-0.4, -0.2) is 28.9 Å². The number of hydrogen-bond donors (Lipinski definition) is 1. The van der Waals surface area contributed by atoms with E-state index in [1.807, 2.05) is 38.1 Å². The number of hydrogen-bond acceptors (Lipinski definition) is 4. The monoisotopic (exact) mass is 339 g/mol. The Kier molecular flexibility index (Phi) is 4.44. The van der Waals surface area contributed by atoms with Gasteiger partial charge in [-0.3, -0.25) is 14.5 Å². The molecule has 1 atom stereocenters. The second kappa shape index (κ2) is 6.55. The molecule has 6 nitrogen and oxygen atoms in total. The number of pyridine rings is 1. The van der Waals surface area contributed by atoms with Gasteiger partial charge in [0.15, 0.2) is 11.6 Å². The highest BCUT2D eigenvalue weighted by Gasteiger charge is 2.50. The van der Waals surface area contributed by atoms with Crippen molar-refractivity contribution in [3.63, 3.8) is 0 Å². The summed E-state index contributed by atoms with van der Waals surface area (Å²) in [5, 5.41) is 2.81. The minimum absolute atomic E-state index is 0.332. The van der Waals surface area contributed by atoms with Gasteiger partial charge in [-0.2, -0.15) is 0 Å². The summed E-state index contributed by atoms with van der Waals surface area (Å²) < 4.78 is 5.77. The molecule has 0 saturated carbocycles. The molecule has 2 aromatic rings. The number of benzene rings is 1. The number of nitrogens with zero attached hydrogens (tertiary/aromatic N) is 2. The number of amides is 2. The predicted molar refractivity (Wildman–Crippen MR) is 94.3 cm³/mol. The Morgan fingerprint density at radius 3 is 2.84 bits per heavy atom. The van der Waals surface area contributed by atoms with Crippen molar-refractivity contribution in [3.05, 3.63) is 53.7 Å². The molecule has 25 heavy (non-hydrogen) atoms. The largest absolute Gasteiger partial charge is 0.464 e.